The highest BCUT2D eigenvalue weighted by atomic mass is 16.5. The van der Waals surface area contributed by atoms with Crippen molar-refractivity contribution < 1.29 is 4.74 Å². The second kappa shape index (κ2) is 7.17. The summed E-state index contributed by atoms with van der Waals surface area (Å²) in [6.07, 6.45) is 0. The Kier molecular flexibility index (Phi) is 4.57. The van der Waals surface area contributed by atoms with E-state index in [0.717, 1.165) is 17.0 Å². The average Bonchev–Trinajstić information content (AvgIpc) is 2.70. The molecule has 0 bridgehead atoms. The van der Waals surface area contributed by atoms with Crippen molar-refractivity contribution in [2.75, 3.05) is 5.32 Å². The lowest BCUT2D eigenvalue weighted by molar-refractivity contribution is 0.415. The minimum absolute atomic E-state index is 0.0459. The van der Waals surface area contributed by atoms with Crippen molar-refractivity contribution in [3.63, 3.8) is 0 Å². The second-order valence-electron chi connectivity index (χ2n) is 6.78. The van der Waals surface area contributed by atoms with Gasteiger partial charge >= 0.3 is 0 Å². The predicted molar refractivity (Wildman–Crippen MR) is 109 cm³/mol. The maximum absolute atomic E-state index is 6.79. The highest BCUT2D eigenvalue weighted by molar-refractivity contribution is 5.64. The molecule has 1 aliphatic heterocycles. The lowest BCUT2D eigenvalue weighted by atomic mass is 9.82. The van der Waals surface area contributed by atoms with Crippen LogP contribution in [0.5, 0.6) is 5.75 Å². The topological polar surface area (TPSA) is 73.3 Å². The third kappa shape index (κ3) is 3.39. The summed E-state index contributed by atoms with van der Waals surface area (Å²) in [5, 5.41) is 3.20. The molecule has 4 rings (SSSR count). The molecule has 136 valence electrons. The molecule has 4 nitrogen and oxygen atoms in total. The first-order valence-corrected chi connectivity index (χ1v) is 9.04. The van der Waals surface area contributed by atoms with Crippen molar-refractivity contribution in [3.05, 3.63) is 107 Å². The standard InChI is InChI=1S/C23H23N3O/c1-15-23(25)26-19-14-18(12-13-20(19)27-15)22(24)21(16-8-4-2-5-9-16)17-10-6-3-7-11-17/h2-14,21-22,26H,24-25H2,1H3. The van der Waals surface area contributed by atoms with Crippen LogP contribution in [-0.2, 0) is 0 Å². The van der Waals surface area contributed by atoms with Crippen LogP contribution in [0.15, 0.2) is 90.4 Å². The van der Waals surface area contributed by atoms with Crippen LogP contribution < -0.4 is 21.5 Å². The largest absolute Gasteiger partial charge is 0.456 e. The van der Waals surface area contributed by atoms with E-state index in [2.05, 4.69) is 53.8 Å². The van der Waals surface area contributed by atoms with Crippen LogP contribution >= 0.6 is 0 Å². The first kappa shape index (κ1) is 17.2. The molecule has 0 saturated heterocycles. The number of rotatable bonds is 4. The molecule has 1 heterocycles. The summed E-state index contributed by atoms with van der Waals surface area (Å²) in [6.45, 7) is 1.84. The van der Waals surface area contributed by atoms with E-state index in [0.29, 0.717) is 11.6 Å². The number of anilines is 1. The van der Waals surface area contributed by atoms with Crippen molar-refractivity contribution in [3.8, 4) is 5.75 Å². The van der Waals surface area contributed by atoms with Gasteiger partial charge in [0.05, 0.1) is 5.69 Å². The van der Waals surface area contributed by atoms with Gasteiger partial charge in [-0.25, -0.2) is 0 Å². The minimum Gasteiger partial charge on any atom is -0.456 e. The van der Waals surface area contributed by atoms with Gasteiger partial charge in [-0.3, -0.25) is 0 Å². The average molecular weight is 357 g/mol. The van der Waals surface area contributed by atoms with Crippen LogP contribution in [0.3, 0.4) is 0 Å². The molecule has 0 saturated carbocycles. The van der Waals surface area contributed by atoms with E-state index in [1.165, 1.54) is 11.1 Å². The van der Waals surface area contributed by atoms with Crippen molar-refractivity contribution in [1.82, 2.24) is 0 Å². The summed E-state index contributed by atoms with van der Waals surface area (Å²) in [4.78, 5) is 0. The number of fused-ring (bicyclic) bond motifs is 1. The summed E-state index contributed by atoms with van der Waals surface area (Å²) in [5.74, 6) is 2.00. The number of nitrogens with one attached hydrogen (secondary N) is 1. The van der Waals surface area contributed by atoms with Crippen molar-refractivity contribution >= 4 is 5.69 Å². The maximum atomic E-state index is 6.79. The Hall–Kier alpha value is -3.24. The minimum atomic E-state index is -0.213. The molecule has 0 radical (unpaired) electrons. The monoisotopic (exact) mass is 357 g/mol. The molecule has 0 aliphatic carbocycles. The summed E-state index contributed by atoms with van der Waals surface area (Å²) >= 11 is 0. The van der Waals surface area contributed by atoms with Gasteiger partial charge in [0, 0.05) is 12.0 Å². The Morgan fingerprint density at radius 1 is 0.815 bits per heavy atom. The zero-order chi connectivity index (χ0) is 18.8. The van der Waals surface area contributed by atoms with Gasteiger partial charge in [-0.05, 0) is 35.7 Å². The van der Waals surface area contributed by atoms with Gasteiger partial charge in [-0.1, -0.05) is 66.7 Å². The van der Waals surface area contributed by atoms with Gasteiger partial charge in [-0.2, -0.15) is 0 Å². The normalized spacial score (nSPS) is 14.3. The molecule has 3 aromatic carbocycles. The van der Waals surface area contributed by atoms with Crippen LogP contribution in [0.25, 0.3) is 0 Å². The Balaban J connectivity index is 1.73. The van der Waals surface area contributed by atoms with Gasteiger partial charge in [0.25, 0.3) is 0 Å². The molecule has 27 heavy (non-hydrogen) atoms. The highest BCUT2D eigenvalue weighted by Crippen LogP contribution is 2.39. The quantitative estimate of drug-likeness (QED) is 0.644. The summed E-state index contributed by atoms with van der Waals surface area (Å²) in [6, 6.07) is 26.5. The van der Waals surface area contributed by atoms with E-state index in [1.807, 2.05) is 37.3 Å². The predicted octanol–water partition coefficient (Wildman–Crippen LogP) is 4.47. The van der Waals surface area contributed by atoms with Gasteiger partial charge < -0.3 is 21.5 Å². The van der Waals surface area contributed by atoms with Crippen molar-refractivity contribution in [2.24, 2.45) is 11.5 Å². The van der Waals surface area contributed by atoms with Crippen LogP contribution in [-0.4, -0.2) is 0 Å². The second-order valence-corrected chi connectivity index (χ2v) is 6.78. The molecule has 5 N–H and O–H groups in total. The van der Waals surface area contributed by atoms with Crippen LogP contribution in [0.4, 0.5) is 5.69 Å². The molecule has 1 aliphatic rings. The Labute approximate surface area is 159 Å². The molecule has 3 aromatic rings. The highest BCUT2D eigenvalue weighted by Gasteiger charge is 2.25. The Bertz CT molecular complexity index is 928. The third-order valence-corrected chi connectivity index (χ3v) is 4.98. The first-order chi connectivity index (χ1) is 13.1. The van der Waals surface area contributed by atoms with Crippen LogP contribution in [0.1, 0.15) is 35.6 Å². The third-order valence-electron chi connectivity index (χ3n) is 4.98. The number of nitrogens with two attached hydrogens (primary N) is 2. The molecular weight excluding hydrogens is 334 g/mol. The Morgan fingerprint density at radius 2 is 1.41 bits per heavy atom. The maximum Gasteiger partial charge on any atom is 0.150 e. The fraction of sp³-hybridized carbons (Fsp3) is 0.130. The van der Waals surface area contributed by atoms with Crippen LogP contribution in [0, 0.1) is 0 Å². The molecule has 0 amide bonds. The van der Waals surface area contributed by atoms with Gasteiger partial charge in [0.2, 0.25) is 0 Å². The molecular formula is C23H23N3O. The molecule has 0 fully saturated rings. The van der Waals surface area contributed by atoms with Gasteiger partial charge in [0.1, 0.15) is 11.6 Å². The van der Waals surface area contributed by atoms with E-state index in [1.54, 1.807) is 0 Å². The summed E-state index contributed by atoms with van der Waals surface area (Å²) in [7, 11) is 0. The lowest BCUT2D eigenvalue weighted by Gasteiger charge is -2.27. The van der Waals surface area contributed by atoms with Crippen molar-refractivity contribution in [1.29, 1.82) is 0 Å². The summed E-state index contributed by atoms with van der Waals surface area (Å²) < 4.78 is 5.76. The zero-order valence-electron chi connectivity index (χ0n) is 15.2. The molecule has 1 atom stereocenters. The number of allylic oxidation sites excluding steroid dienone is 1. The molecule has 0 aromatic heterocycles. The Morgan fingerprint density at radius 3 is 2.00 bits per heavy atom. The first-order valence-electron chi connectivity index (χ1n) is 9.04. The fourth-order valence-corrected chi connectivity index (χ4v) is 3.51. The van der Waals surface area contributed by atoms with Gasteiger partial charge in [-0.15, -0.1) is 0 Å². The number of benzene rings is 3. The van der Waals surface area contributed by atoms with E-state index >= 15 is 0 Å². The number of hydrogen-bond acceptors (Lipinski definition) is 4. The van der Waals surface area contributed by atoms with Crippen molar-refractivity contribution in [2.45, 2.75) is 18.9 Å². The smallest absolute Gasteiger partial charge is 0.150 e. The number of hydrogen-bond donors (Lipinski definition) is 3. The fourth-order valence-electron chi connectivity index (χ4n) is 3.51. The number of ether oxygens (including phenoxy) is 1. The van der Waals surface area contributed by atoms with E-state index in [-0.39, 0.29) is 12.0 Å². The summed E-state index contributed by atoms with van der Waals surface area (Å²) in [5.41, 5.74) is 17.0. The lowest BCUT2D eigenvalue weighted by Crippen LogP contribution is -2.22. The van der Waals surface area contributed by atoms with E-state index < -0.39 is 0 Å². The molecule has 1 unspecified atom stereocenters. The SMILES string of the molecule is CC1=C(N)Nc2cc(C(N)C(c3ccccc3)c3ccccc3)ccc2O1. The molecule has 0 spiro atoms. The van der Waals surface area contributed by atoms with E-state index in [9.17, 15) is 0 Å². The zero-order valence-corrected chi connectivity index (χ0v) is 15.2. The molecule has 4 heteroatoms. The van der Waals surface area contributed by atoms with Crippen LogP contribution in [0.2, 0.25) is 0 Å². The van der Waals surface area contributed by atoms with E-state index in [4.69, 9.17) is 16.2 Å². The van der Waals surface area contributed by atoms with Gasteiger partial charge in [0.15, 0.2) is 5.75 Å².